The van der Waals surface area contributed by atoms with Gasteiger partial charge in [0.25, 0.3) is 0 Å². The number of rotatable bonds is 1. The predicted octanol–water partition coefficient (Wildman–Crippen LogP) is 2.53. The highest BCUT2D eigenvalue weighted by Crippen LogP contribution is 2.30. The molecule has 1 aromatic carbocycles. The van der Waals surface area contributed by atoms with Crippen LogP contribution in [0.4, 0.5) is 10.1 Å². The lowest BCUT2D eigenvalue weighted by atomic mass is 9.95. The van der Waals surface area contributed by atoms with Crippen LogP contribution in [-0.2, 0) is 0 Å². The van der Waals surface area contributed by atoms with Gasteiger partial charge in [-0.15, -0.1) is 0 Å². The van der Waals surface area contributed by atoms with Crippen LogP contribution in [0.3, 0.4) is 0 Å². The van der Waals surface area contributed by atoms with E-state index in [1.165, 1.54) is 0 Å². The molecule has 1 fully saturated rings. The summed E-state index contributed by atoms with van der Waals surface area (Å²) in [6.45, 7) is 0.420. The van der Waals surface area contributed by atoms with Crippen molar-refractivity contribution in [3.8, 4) is 17.9 Å². The minimum absolute atomic E-state index is 0.210. The van der Waals surface area contributed by atoms with Gasteiger partial charge in [0, 0.05) is 11.9 Å². The second-order valence-corrected chi connectivity index (χ2v) is 4.95. The molecule has 3 rings (SSSR count). The molecule has 2 heterocycles. The van der Waals surface area contributed by atoms with Gasteiger partial charge in [-0.25, -0.2) is 9.37 Å². The minimum atomic E-state index is -1.51. The molecular formula is C17H12FN3. The van der Waals surface area contributed by atoms with Crippen molar-refractivity contribution in [1.29, 1.82) is 5.26 Å². The molecule has 1 aliphatic rings. The third-order valence-electron chi connectivity index (χ3n) is 3.30. The molecule has 21 heavy (non-hydrogen) atoms. The van der Waals surface area contributed by atoms with E-state index < -0.39 is 5.67 Å². The molecule has 0 aliphatic carbocycles. The third-order valence-corrected chi connectivity index (χ3v) is 3.30. The molecular weight excluding hydrogens is 265 g/mol. The molecule has 0 spiro atoms. The minimum Gasteiger partial charge on any atom is -0.363 e. The van der Waals surface area contributed by atoms with Crippen molar-refractivity contribution in [2.75, 3.05) is 18.0 Å². The highest BCUT2D eigenvalue weighted by Gasteiger charge is 2.42. The average Bonchev–Trinajstić information content (AvgIpc) is 2.51. The van der Waals surface area contributed by atoms with Gasteiger partial charge >= 0.3 is 0 Å². The van der Waals surface area contributed by atoms with Crippen LogP contribution in [0.2, 0.25) is 0 Å². The molecule has 0 bridgehead atoms. The summed E-state index contributed by atoms with van der Waals surface area (Å²) >= 11 is 0. The Morgan fingerprint density at radius 3 is 2.76 bits per heavy atom. The van der Waals surface area contributed by atoms with Crippen molar-refractivity contribution >= 4 is 5.69 Å². The summed E-state index contributed by atoms with van der Waals surface area (Å²) in [6.07, 6.45) is 1.63. The Kier molecular flexibility index (Phi) is 3.30. The molecule has 4 heteroatoms. The standard InChI is InChI=1S/C17H12FN3/c18-17(8-7-15-5-1-2-9-20-15)12-21(13-17)16-6-3-4-14(10-16)11-19/h1-6,9-10H,12-13H2. The van der Waals surface area contributed by atoms with E-state index in [2.05, 4.69) is 22.9 Å². The summed E-state index contributed by atoms with van der Waals surface area (Å²) in [5, 5.41) is 8.88. The number of hydrogen-bond acceptors (Lipinski definition) is 3. The topological polar surface area (TPSA) is 39.9 Å². The maximum Gasteiger partial charge on any atom is 0.205 e. The van der Waals surface area contributed by atoms with Crippen molar-refractivity contribution in [1.82, 2.24) is 4.98 Å². The van der Waals surface area contributed by atoms with Gasteiger partial charge in [0.1, 0.15) is 5.69 Å². The molecule has 1 aliphatic heterocycles. The second kappa shape index (κ2) is 5.26. The van der Waals surface area contributed by atoms with E-state index >= 15 is 0 Å². The van der Waals surface area contributed by atoms with Crippen molar-refractivity contribution < 1.29 is 4.39 Å². The Balaban J connectivity index is 1.70. The fraction of sp³-hybridized carbons (Fsp3) is 0.176. The molecule has 0 N–H and O–H groups in total. The SMILES string of the molecule is N#Cc1cccc(N2CC(F)(C#Cc3ccccn3)C2)c1. The van der Waals surface area contributed by atoms with Gasteiger partial charge in [-0.3, -0.25) is 0 Å². The van der Waals surface area contributed by atoms with Crippen LogP contribution in [0.15, 0.2) is 48.7 Å². The zero-order valence-electron chi connectivity index (χ0n) is 11.3. The van der Waals surface area contributed by atoms with Crippen LogP contribution in [0.1, 0.15) is 11.3 Å². The molecule has 1 saturated heterocycles. The average molecular weight is 277 g/mol. The summed E-state index contributed by atoms with van der Waals surface area (Å²) in [5.74, 6) is 5.42. The fourth-order valence-electron chi connectivity index (χ4n) is 2.21. The Bertz CT molecular complexity index is 747. The maximum absolute atomic E-state index is 14.4. The van der Waals surface area contributed by atoms with E-state index in [-0.39, 0.29) is 13.1 Å². The Morgan fingerprint density at radius 2 is 2.05 bits per heavy atom. The summed E-state index contributed by atoms with van der Waals surface area (Å²) in [5.41, 5.74) is 0.477. The van der Waals surface area contributed by atoms with Gasteiger partial charge in [-0.05, 0) is 36.3 Å². The van der Waals surface area contributed by atoms with Gasteiger partial charge in [-0.1, -0.05) is 18.1 Å². The van der Waals surface area contributed by atoms with Gasteiger partial charge in [-0.2, -0.15) is 5.26 Å². The van der Waals surface area contributed by atoms with Crippen LogP contribution in [-0.4, -0.2) is 23.7 Å². The number of halogens is 1. The fourth-order valence-corrected chi connectivity index (χ4v) is 2.21. The van der Waals surface area contributed by atoms with E-state index in [1.807, 2.05) is 17.0 Å². The van der Waals surface area contributed by atoms with Gasteiger partial charge < -0.3 is 4.90 Å². The number of hydrogen-bond donors (Lipinski definition) is 0. The lowest BCUT2D eigenvalue weighted by Crippen LogP contribution is -2.58. The first kappa shape index (κ1) is 13.1. The van der Waals surface area contributed by atoms with Crippen molar-refractivity contribution in [2.45, 2.75) is 5.67 Å². The number of aromatic nitrogens is 1. The van der Waals surface area contributed by atoms with Crippen molar-refractivity contribution in [3.63, 3.8) is 0 Å². The van der Waals surface area contributed by atoms with E-state index in [1.54, 1.807) is 36.5 Å². The van der Waals surface area contributed by atoms with Gasteiger partial charge in [0.2, 0.25) is 5.67 Å². The summed E-state index contributed by atoms with van der Waals surface area (Å²) in [4.78, 5) is 5.92. The zero-order chi connectivity index (χ0) is 14.7. The summed E-state index contributed by atoms with van der Waals surface area (Å²) in [7, 11) is 0. The van der Waals surface area contributed by atoms with Crippen molar-refractivity contribution in [2.24, 2.45) is 0 Å². The van der Waals surface area contributed by atoms with Crippen LogP contribution in [0.25, 0.3) is 0 Å². The number of pyridine rings is 1. The highest BCUT2D eigenvalue weighted by atomic mass is 19.1. The predicted molar refractivity (Wildman–Crippen MR) is 78.3 cm³/mol. The first-order chi connectivity index (χ1) is 10.2. The number of nitrogens with zero attached hydrogens (tertiary/aromatic N) is 3. The number of anilines is 1. The molecule has 0 unspecified atom stereocenters. The first-order valence-electron chi connectivity index (χ1n) is 6.57. The normalized spacial score (nSPS) is 15.3. The smallest absolute Gasteiger partial charge is 0.205 e. The second-order valence-electron chi connectivity index (χ2n) is 4.95. The maximum atomic E-state index is 14.4. The Labute approximate surface area is 122 Å². The monoisotopic (exact) mass is 277 g/mol. The Morgan fingerprint density at radius 1 is 1.19 bits per heavy atom. The molecule has 3 nitrogen and oxygen atoms in total. The largest absolute Gasteiger partial charge is 0.363 e. The summed E-state index contributed by atoms with van der Waals surface area (Å²) < 4.78 is 14.4. The Hall–Kier alpha value is -2.85. The van der Waals surface area contributed by atoms with Crippen LogP contribution in [0.5, 0.6) is 0 Å². The molecule has 1 aromatic heterocycles. The van der Waals surface area contributed by atoms with Crippen LogP contribution in [0, 0.1) is 23.2 Å². The summed E-state index contributed by atoms with van der Waals surface area (Å²) in [6, 6.07) is 14.6. The van der Waals surface area contributed by atoms with Crippen LogP contribution < -0.4 is 4.90 Å². The lowest BCUT2D eigenvalue weighted by Gasteiger charge is -2.42. The quantitative estimate of drug-likeness (QED) is 0.752. The van der Waals surface area contributed by atoms with Gasteiger partial charge in [0.15, 0.2) is 0 Å². The van der Waals surface area contributed by atoms with Crippen LogP contribution >= 0.6 is 0 Å². The number of nitriles is 1. The first-order valence-corrected chi connectivity index (χ1v) is 6.57. The zero-order valence-corrected chi connectivity index (χ0v) is 11.3. The number of benzene rings is 1. The molecule has 0 saturated carbocycles. The third kappa shape index (κ3) is 2.85. The molecule has 0 radical (unpaired) electrons. The van der Waals surface area contributed by atoms with E-state index in [9.17, 15) is 4.39 Å². The van der Waals surface area contributed by atoms with E-state index in [4.69, 9.17) is 5.26 Å². The molecule has 0 amide bonds. The van der Waals surface area contributed by atoms with E-state index in [0.29, 0.717) is 11.3 Å². The molecule has 2 aromatic rings. The molecule has 0 atom stereocenters. The van der Waals surface area contributed by atoms with E-state index in [0.717, 1.165) is 5.69 Å². The van der Waals surface area contributed by atoms with Gasteiger partial charge in [0.05, 0.1) is 24.7 Å². The highest BCUT2D eigenvalue weighted by molar-refractivity contribution is 5.56. The lowest BCUT2D eigenvalue weighted by molar-refractivity contribution is 0.192. The molecule has 102 valence electrons. The number of alkyl halides is 1. The van der Waals surface area contributed by atoms with Crippen molar-refractivity contribution in [3.05, 3.63) is 59.9 Å².